The summed E-state index contributed by atoms with van der Waals surface area (Å²) in [5.41, 5.74) is -0.445. The third-order valence-corrected chi connectivity index (χ3v) is 4.21. The molecule has 5 heteroatoms. The Morgan fingerprint density at radius 2 is 2.00 bits per heavy atom. The Morgan fingerprint density at radius 3 is 2.53 bits per heavy atom. The van der Waals surface area contributed by atoms with Crippen LogP contribution in [-0.4, -0.2) is 26.2 Å². The lowest BCUT2D eigenvalue weighted by Gasteiger charge is -2.28. The van der Waals surface area contributed by atoms with Crippen LogP contribution in [0.5, 0.6) is 0 Å². The molecule has 0 aliphatic heterocycles. The van der Waals surface area contributed by atoms with Crippen LogP contribution in [0.1, 0.15) is 25.3 Å². The monoisotopic (exact) mass is 284 g/mol. The van der Waals surface area contributed by atoms with Crippen molar-refractivity contribution in [3.8, 4) is 0 Å². The van der Waals surface area contributed by atoms with Gasteiger partial charge >= 0.3 is 0 Å². The van der Waals surface area contributed by atoms with Gasteiger partial charge in [0, 0.05) is 13.7 Å². The minimum Gasteiger partial charge on any atom is -0.362 e. The van der Waals surface area contributed by atoms with E-state index in [0.29, 0.717) is 6.61 Å². The number of ether oxygens (including phenoxy) is 1. The molecule has 0 saturated carbocycles. The molecule has 0 aliphatic carbocycles. The van der Waals surface area contributed by atoms with Crippen LogP contribution >= 0.6 is 8.03 Å². The molecule has 4 nitrogen and oxygen atoms in total. The molecule has 1 aromatic carbocycles. The Morgan fingerprint density at radius 1 is 1.32 bits per heavy atom. The third kappa shape index (κ3) is 4.57. The van der Waals surface area contributed by atoms with Gasteiger partial charge < -0.3 is 9.26 Å². The second-order valence-corrected chi connectivity index (χ2v) is 5.83. The predicted octanol–water partition coefficient (Wildman–Crippen LogP) is 3.02. The first-order chi connectivity index (χ1) is 9.18. The SMILES string of the molecule is CCCCOC(C=O)(C[PH](=O)OC)c1ccccc1. The normalized spacial score (nSPS) is 15.7. The Bertz CT molecular complexity index is 407. The van der Waals surface area contributed by atoms with Crippen LogP contribution in [0.25, 0.3) is 0 Å². The van der Waals surface area contributed by atoms with Crippen molar-refractivity contribution in [1.29, 1.82) is 0 Å². The molecule has 1 rings (SSSR count). The van der Waals surface area contributed by atoms with Crippen LogP contribution in [0.4, 0.5) is 0 Å². The topological polar surface area (TPSA) is 52.6 Å². The lowest BCUT2D eigenvalue weighted by Crippen LogP contribution is -2.35. The van der Waals surface area contributed by atoms with Gasteiger partial charge in [-0.3, -0.25) is 9.36 Å². The maximum absolute atomic E-state index is 11.7. The highest BCUT2D eigenvalue weighted by molar-refractivity contribution is 7.39. The van der Waals surface area contributed by atoms with Crippen molar-refractivity contribution in [1.82, 2.24) is 0 Å². The smallest absolute Gasteiger partial charge is 0.195 e. The zero-order chi connectivity index (χ0) is 14.1. The zero-order valence-electron chi connectivity index (χ0n) is 11.4. The van der Waals surface area contributed by atoms with E-state index in [0.717, 1.165) is 24.7 Å². The minimum absolute atomic E-state index is 0.0748. The summed E-state index contributed by atoms with van der Waals surface area (Å²) < 4.78 is 22.3. The fraction of sp³-hybridized carbons (Fsp3) is 0.500. The van der Waals surface area contributed by atoms with Gasteiger partial charge in [0.25, 0.3) is 0 Å². The van der Waals surface area contributed by atoms with Gasteiger partial charge in [-0.25, -0.2) is 0 Å². The Balaban J connectivity index is 2.99. The van der Waals surface area contributed by atoms with Gasteiger partial charge in [-0.2, -0.15) is 0 Å². The molecule has 0 spiro atoms. The van der Waals surface area contributed by atoms with E-state index in [1.54, 1.807) is 0 Å². The highest BCUT2D eigenvalue weighted by Gasteiger charge is 2.35. The lowest BCUT2D eigenvalue weighted by molar-refractivity contribution is -0.130. The Hall–Kier alpha value is -0.960. The average molecular weight is 284 g/mol. The van der Waals surface area contributed by atoms with Gasteiger partial charge in [-0.05, 0) is 12.0 Å². The minimum atomic E-state index is -2.29. The standard InChI is InChI=1S/C14H21O4P/c1-3-4-10-18-14(11-15,12-19(16)17-2)13-8-6-5-7-9-13/h5-9,11,19H,3-4,10,12H2,1-2H3. The van der Waals surface area contributed by atoms with Crippen LogP contribution in [0.3, 0.4) is 0 Å². The molecule has 0 aromatic heterocycles. The first kappa shape index (κ1) is 16.1. The number of rotatable bonds is 9. The van der Waals surface area contributed by atoms with Crippen molar-refractivity contribution in [3.05, 3.63) is 35.9 Å². The first-order valence-corrected chi connectivity index (χ1v) is 7.93. The van der Waals surface area contributed by atoms with E-state index in [1.165, 1.54) is 7.11 Å². The van der Waals surface area contributed by atoms with Crippen molar-refractivity contribution >= 4 is 14.3 Å². The summed E-state index contributed by atoms with van der Waals surface area (Å²) in [7, 11) is -0.904. The summed E-state index contributed by atoms with van der Waals surface area (Å²) in [6, 6.07) is 9.16. The molecular weight excluding hydrogens is 263 g/mol. The number of carbonyl (C=O) groups is 1. The number of aldehydes is 1. The fourth-order valence-electron chi connectivity index (χ4n) is 1.79. The molecule has 0 aliphatic rings. The number of carbonyl (C=O) groups excluding carboxylic acids is 1. The number of hydrogen-bond acceptors (Lipinski definition) is 4. The van der Waals surface area contributed by atoms with E-state index in [4.69, 9.17) is 9.26 Å². The maximum atomic E-state index is 11.7. The van der Waals surface area contributed by atoms with Crippen LogP contribution in [0.15, 0.2) is 30.3 Å². The molecule has 19 heavy (non-hydrogen) atoms. The highest BCUT2D eigenvalue weighted by atomic mass is 31.1. The molecule has 106 valence electrons. The quantitative estimate of drug-likeness (QED) is 0.397. The molecule has 0 heterocycles. The van der Waals surface area contributed by atoms with Crippen molar-refractivity contribution < 1.29 is 18.6 Å². The van der Waals surface area contributed by atoms with E-state index >= 15 is 0 Å². The molecule has 1 aromatic rings. The first-order valence-electron chi connectivity index (χ1n) is 6.41. The maximum Gasteiger partial charge on any atom is 0.195 e. The highest BCUT2D eigenvalue weighted by Crippen LogP contribution is 2.35. The Labute approximate surface area is 115 Å². The molecule has 0 radical (unpaired) electrons. The third-order valence-electron chi connectivity index (χ3n) is 2.94. The van der Waals surface area contributed by atoms with E-state index in [-0.39, 0.29) is 6.16 Å². The summed E-state index contributed by atoms with van der Waals surface area (Å²) in [6.45, 7) is 2.51. The predicted molar refractivity (Wildman–Crippen MR) is 75.9 cm³/mol. The number of hydrogen-bond donors (Lipinski definition) is 0. The second-order valence-electron chi connectivity index (χ2n) is 4.33. The summed E-state index contributed by atoms with van der Waals surface area (Å²) >= 11 is 0. The van der Waals surface area contributed by atoms with E-state index in [9.17, 15) is 9.36 Å². The van der Waals surface area contributed by atoms with Crippen LogP contribution in [-0.2, 0) is 24.2 Å². The lowest BCUT2D eigenvalue weighted by atomic mass is 9.97. The van der Waals surface area contributed by atoms with Crippen molar-refractivity contribution in [3.63, 3.8) is 0 Å². The zero-order valence-corrected chi connectivity index (χ0v) is 12.4. The average Bonchev–Trinajstić information content (AvgIpc) is 2.47. The molecule has 2 atom stereocenters. The number of unbranched alkanes of at least 4 members (excludes halogenated alkanes) is 1. The van der Waals surface area contributed by atoms with Gasteiger partial charge in [0.1, 0.15) is 0 Å². The summed E-state index contributed by atoms with van der Waals surface area (Å²) in [5.74, 6) is 0. The van der Waals surface area contributed by atoms with E-state index < -0.39 is 13.6 Å². The van der Waals surface area contributed by atoms with Crippen molar-refractivity contribution in [2.24, 2.45) is 0 Å². The molecule has 0 fully saturated rings. The molecule has 0 saturated heterocycles. The summed E-state index contributed by atoms with van der Waals surface area (Å²) in [4.78, 5) is 11.6. The number of benzene rings is 1. The Kier molecular flexibility index (Phi) is 7.00. The molecule has 0 N–H and O–H groups in total. The van der Waals surface area contributed by atoms with Gasteiger partial charge in [0.15, 0.2) is 19.9 Å². The van der Waals surface area contributed by atoms with Crippen LogP contribution in [0, 0.1) is 0 Å². The molecule has 2 unspecified atom stereocenters. The van der Waals surface area contributed by atoms with E-state index in [1.807, 2.05) is 37.3 Å². The van der Waals surface area contributed by atoms with E-state index in [2.05, 4.69) is 0 Å². The summed E-state index contributed by atoms with van der Waals surface area (Å²) in [5, 5.41) is 0. The second kappa shape index (κ2) is 8.26. The van der Waals surface area contributed by atoms with Gasteiger partial charge in [-0.1, -0.05) is 43.7 Å². The van der Waals surface area contributed by atoms with Crippen LogP contribution in [0.2, 0.25) is 0 Å². The fourth-order valence-corrected chi connectivity index (χ4v) is 2.75. The van der Waals surface area contributed by atoms with Crippen LogP contribution < -0.4 is 0 Å². The van der Waals surface area contributed by atoms with Gasteiger partial charge in [-0.15, -0.1) is 0 Å². The largest absolute Gasteiger partial charge is 0.362 e. The van der Waals surface area contributed by atoms with Gasteiger partial charge in [0.2, 0.25) is 0 Å². The molecular formula is C14H21O4P. The van der Waals surface area contributed by atoms with Crippen molar-refractivity contribution in [2.45, 2.75) is 25.4 Å². The molecule has 0 amide bonds. The molecule has 0 bridgehead atoms. The van der Waals surface area contributed by atoms with Crippen molar-refractivity contribution in [2.75, 3.05) is 19.9 Å². The summed E-state index contributed by atoms with van der Waals surface area (Å²) in [6.07, 6.45) is 2.64. The van der Waals surface area contributed by atoms with Gasteiger partial charge in [0.05, 0.1) is 6.16 Å².